The highest BCUT2D eigenvalue weighted by Crippen LogP contribution is 2.32. The van der Waals surface area contributed by atoms with Crippen molar-refractivity contribution in [2.45, 2.75) is 19.9 Å². The highest BCUT2D eigenvalue weighted by Gasteiger charge is 2.16. The van der Waals surface area contributed by atoms with E-state index in [1.54, 1.807) is 29.8 Å². The molecular weight excluding hydrogens is 341 g/mol. The molecule has 1 aliphatic rings. The fourth-order valence-corrected chi connectivity index (χ4v) is 2.64. The van der Waals surface area contributed by atoms with Gasteiger partial charge in [-0.15, -0.1) is 0 Å². The van der Waals surface area contributed by atoms with Crippen LogP contribution in [-0.4, -0.2) is 29.0 Å². The Balaban J connectivity index is 1.50. The number of amides is 1. The van der Waals surface area contributed by atoms with Crippen molar-refractivity contribution < 1.29 is 14.3 Å². The van der Waals surface area contributed by atoms with Gasteiger partial charge < -0.3 is 14.8 Å². The Hall–Kier alpha value is -1.92. The molecule has 122 valence electrons. The van der Waals surface area contributed by atoms with Gasteiger partial charge in [0, 0.05) is 18.7 Å². The fourth-order valence-electron chi connectivity index (χ4n) is 2.25. The lowest BCUT2D eigenvalue weighted by Gasteiger charge is -2.07. The number of rotatable bonds is 5. The van der Waals surface area contributed by atoms with Crippen molar-refractivity contribution in [1.29, 1.82) is 0 Å². The maximum Gasteiger partial charge on any atom is 0.251 e. The van der Waals surface area contributed by atoms with E-state index in [0.717, 1.165) is 0 Å². The van der Waals surface area contributed by atoms with Crippen LogP contribution in [0.3, 0.4) is 0 Å². The van der Waals surface area contributed by atoms with Crippen LogP contribution in [0.1, 0.15) is 22.5 Å². The molecule has 0 aliphatic carbocycles. The molecule has 0 saturated heterocycles. The van der Waals surface area contributed by atoms with Gasteiger partial charge >= 0.3 is 0 Å². The molecule has 23 heavy (non-hydrogen) atoms. The molecular formula is C15H15Cl2N3O3. The van der Waals surface area contributed by atoms with Crippen LogP contribution in [0.4, 0.5) is 0 Å². The number of carbonyl (C=O) groups excluding carboxylic acids is 1. The van der Waals surface area contributed by atoms with Crippen LogP contribution in [-0.2, 0) is 6.54 Å². The summed E-state index contributed by atoms with van der Waals surface area (Å²) in [5.74, 6) is 1.08. The van der Waals surface area contributed by atoms with Crippen LogP contribution in [0.15, 0.2) is 18.2 Å². The van der Waals surface area contributed by atoms with E-state index in [2.05, 4.69) is 10.4 Å². The van der Waals surface area contributed by atoms with E-state index in [1.165, 1.54) is 0 Å². The average Bonchev–Trinajstić information content (AvgIpc) is 3.11. The minimum atomic E-state index is -0.163. The zero-order valence-electron chi connectivity index (χ0n) is 12.4. The number of halogens is 2. The number of nitrogens with one attached hydrogen (secondary N) is 1. The number of hydrogen-bond acceptors (Lipinski definition) is 4. The smallest absolute Gasteiger partial charge is 0.251 e. The van der Waals surface area contributed by atoms with Gasteiger partial charge in [0.1, 0.15) is 10.2 Å². The second kappa shape index (κ2) is 6.68. The number of ether oxygens (including phenoxy) is 2. The molecule has 6 nitrogen and oxygen atoms in total. The Morgan fingerprint density at radius 2 is 2.13 bits per heavy atom. The van der Waals surface area contributed by atoms with Crippen LogP contribution >= 0.6 is 23.2 Å². The first kappa shape index (κ1) is 16.0. The minimum absolute atomic E-state index is 0.163. The molecule has 2 heterocycles. The summed E-state index contributed by atoms with van der Waals surface area (Å²) >= 11 is 12.0. The molecule has 0 saturated carbocycles. The van der Waals surface area contributed by atoms with Crippen LogP contribution in [0.5, 0.6) is 11.5 Å². The molecule has 3 rings (SSSR count). The molecule has 1 aromatic carbocycles. The van der Waals surface area contributed by atoms with E-state index in [0.29, 0.717) is 52.4 Å². The first-order chi connectivity index (χ1) is 11.1. The molecule has 0 radical (unpaired) electrons. The lowest BCUT2D eigenvalue weighted by molar-refractivity contribution is 0.0952. The molecule has 8 heteroatoms. The van der Waals surface area contributed by atoms with E-state index in [4.69, 9.17) is 32.7 Å². The lowest BCUT2D eigenvalue weighted by Crippen LogP contribution is -2.25. The minimum Gasteiger partial charge on any atom is -0.454 e. The molecule has 1 amide bonds. The van der Waals surface area contributed by atoms with Crippen molar-refractivity contribution >= 4 is 29.1 Å². The molecule has 0 fully saturated rings. The molecule has 1 aromatic heterocycles. The number of fused-ring (bicyclic) bond motifs is 1. The van der Waals surface area contributed by atoms with E-state index >= 15 is 0 Å². The largest absolute Gasteiger partial charge is 0.454 e. The summed E-state index contributed by atoms with van der Waals surface area (Å²) in [6, 6.07) is 5.10. The number of nitrogens with zero attached hydrogens (tertiary/aromatic N) is 2. The predicted octanol–water partition coefficient (Wildman–Crippen LogP) is 3.05. The van der Waals surface area contributed by atoms with Gasteiger partial charge in [-0.25, -0.2) is 0 Å². The Morgan fingerprint density at radius 1 is 1.35 bits per heavy atom. The van der Waals surface area contributed by atoms with Crippen LogP contribution in [0.25, 0.3) is 0 Å². The van der Waals surface area contributed by atoms with E-state index in [9.17, 15) is 4.79 Å². The molecule has 1 N–H and O–H groups in total. The fraction of sp³-hybridized carbons (Fsp3) is 0.333. The maximum absolute atomic E-state index is 12.1. The summed E-state index contributed by atoms with van der Waals surface area (Å²) in [4.78, 5) is 12.1. The van der Waals surface area contributed by atoms with Crippen LogP contribution in [0, 0.1) is 6.92 Å². The zero-order valence-corrected chi connectivity index (χ0v) is 13.9. The molecule has 0 bridgehead atoms. The van der Waals surface area contributed by atoms with Crippen molar-refractivity contribution in [2.24, 2.45) is 0 Å². The average molecular weight is 356 g/mol. The van der Waals surface area contributed by atoms with Gasteiger partial charge in [-0.2, -0.15) is 5.10 Å². The highest BCUT2D eigenvalue weighted by atomic mass is 35.5. The number of aromatic nitrogens is 2. The van der Waals surface area contributed by atoms with Gasteiger partial charge in [-0.1, -0.05) is 23.2 Å². The van der Waals surface area contributed by atoms with E-state index < -0.39 is 0 Å². The number of hydrogen-bond donors (Lipinski definition) is 1. The van der Waals surface area contributed by atoms with Gasteiger partial charge in [-0.3, -0.25) is 9.48 Å². The molecule has 0 unspecified atom stereocenters. The topological polar surface area (TPSA) is 65.4 Å². The molecule has 0 spiro atoms. The zero-order chi connectivity index (χ0) is 16.4. The first-order valence-corrected chi connectivity index (χ1v) is 7.88. The van der Waals surface area contributed by atoms with Gasteiger partial charge in [0.05, 0.1) is 5.69 Å². The number of carbonyl (C=O) groups is 1. The molecule has 2 aromatic rings. The highest BCUT2D eigenvalue weighted by molar-refractivity contribution is 6.41. The first-order valence-electron chi connectivity index (χ1n) is 7.12. The molecule has 1 aliphatic heterocycles. The summed E-state index contributed by atoms with van der Waals surface area (Å²) in [5.41, 5.74) is 1.23. The number of benzene rings is 1. The summed E-state index contributed by atoms with van der Waals surface area (Å²) in [7, 11) is 0. The summed E-state index contributed by atoms with van der Waals surface area (Å²) < 4.78 is 12.1. The Kier molecular flexibility index (Phi) is 4.63. The maximum atomic E-state index is 12.1. The third-order valence-corrected chi connectivity index (χ3v) is 4.40. The quantitative estimate of drug-likeness (QED) is 0.837. The van der Waals surface area contributed by atoms with Gasteiger partial charge in [-0.05, 0) is 31.5 Å². The normalized spacial score (nSPS) is 12.5. The summed E-state index contributed by atoms with van der Waals surface area (Å²) in [6.07, 6.45) is 0.688. The van der Waals surface area contributed by atoms with Crippen molar-refractivity contribution in [1.82, 2.24) is 15.1 Å². The summed E-state index contributed by atoms with van der Waals surface area (Å²) in [5, 5.41) is 7.97. The van der Waals surface area contributed by atoms with Crippen molar-refractivity contribution in [3.05, 3.63) is 39.6 Å². The lowest BCUT2D eigenvalue weighted by atomic mass is 10.2. The second-order valence-corrected chi connectivity index (χ2v) is 5.83. The monoisotopic (exact) mass is 355 g/mol. The number of aryl methyl sites for hydroxylation is 2. The van der Waals surface area contributed by atoms with Gasteiger partial charge in [0.25, 0.3) is 5.91 Å². The Labute approximate surface area is 143 Å². The van der Waals surface area contributed by atoms with Crippen LogP contribution < -0.4 is 14.8 Å². The van der Waals surface area contributed by atoms with E-state index in [1.807, 2.05) is 0 Å². The Morgan fingerprint density at radius 3 is 2.87 bits per heavy atom. The molecule has 0 atom stereocenters. The van der Waals surface area contributed by atoms with Crippen molar-refractivity contribution in [3.8, 4) is 11.5 Å². The predicted molar refractivity (Wildman–Crippen MR) is 86.5 cm³/mol. The third-order valence-electron chi connectivity index (χ3n) is 3.46. The summed E-state index contributed by atoms with van der Waals surface area (Å²) in [6.45, 7) is 3.06. The van der Waals surface area contributed by atoms with Crippen LogP contribution in [0.2, 0.25) is 10.2 Å². The SMILES string of the molecule is Cc1nn(CCCNC(=O)c2ccc3c(c2)OCO3)c(Cl)c1Cl. The standard InChI is InChI=1S/C15H15Cl2N3O3/c1-9-13(16)14(17)20(19-9)6-2-5-18-15(21)10-3-4-11-12(7-10)23-8-22-11/h3-4,7H,2,5-6,8H2,1H3,(H,18,21). The van der Waals surface area contributed by atoms with Gasteiger partial charge in [0.2, 0.25) is 6.79 Å². The van der Waals surface area contributed by atoms with Crippen molar-refractivity contribution in [3.63, 3.8) is 0 Å². The van der Waals surface area contributed by atoms with E-state index in [-0.39, 0.29) is 12.7 Å². The Bertz CT molecular complexity index is 746. The van der Waals surface area contributed by atoms with Crippen molar-refractivity contribution in [2.75, 3.05) is 13.3 Å². The second-order valence-electron chi connectivity index (χ2n) is 5.09. The third kappa shape index (κ3) is 3.38. The van der Waals surface area contributed by atoms with Gasteiger partial charge in [0.15, 0.2) is 11.5 Å².